The summed E-state index contributed by atoms with van der Waals surface area (Å²) in [5.74, 6) is 0. The second kappa shape index (κ2) is 4.84. The first-order chi connectivity index (χ1) is 10.2. The van der Waals surface area contributed by atoms with Crippen molar-refractivity contribution < 1.29 is 0 Å². The highest BCUT2D eigenvalue weighted by Gasteiger charge is 2.41. The first kappa shape index (κ1) is 13.3. The Balaban J connectivity index is 1.70. The average Bonchev–Trinajstić information content (AvgIpc) is 2.66. The Morgan fingerprint density at radius 1 is 0.905 bits per heavy atom. The van der Waals surface area contributed by atoms with E-state index in [9.17, 15) is 0 Å². The number of allylic oxidation sites excluding steroid dienone is 1. The Bertz CT molecular complexity index is 699. The summed E-state index contributed by atoms with van der Waals surface area (Å²) in [7, 11) is 0. The molecular formula is C20H19Br. The fourth-order valence-electron chi connectivity index (χ4n) is 4.14. The van der Waals surface area contributed by atoms with E-state index in [2.05, 4.69) is 65.0 Å². The van der Waals surface area contributed by atoms with Crippen LogP contribution >= 0.6 is 15.9 Å². The van der Waals surface area contributed by atoms with Crippen LogP contribution in [0.1, 0.15) is 35.1 Å². The molecule has 0 fully saturated rings. The van der Waals surface area contributed by atoms with E-state index in [4.69, 9.17) is 0 Å². The number of halogens is 1. The topological polar surface area (TPSA) is 0 Å². The first-order valence-corrected chi connectivity index (χ1v) is 8.52. The molecule has 1 heteroatoms. The van der Waals surface area contributed by atoms with Gasteiger partial charge in [0, 0.05) is 9.89 Å². The molecule has 0 radical (unpaired) electrons. The number of benzene rings is 2. The molecule has 21 heavy (non-hydrogen) atoms. The second-order valence-corrected chi connectivity index (χ2v) is 7.42. The van der Waals surface area contributed by atoms with Crippen molar-refractivity contribution in [3.63, 3.8) is 0 Å². The largest absolute Gasteiger partial charge is 0.0946 e. The van der Waals surface area contributed by atoms with Gasteiger partial charge in [0.15, 0.2) is 0 Å². The van der Waals surface area contributed by atoms with Gasteiger partial charge >= 0.3 is 0 Å². The van der Waals surface area contributed by atoms with Crippen LogP contribution in [0.15, 0.2) is 53.5 Å². The van der Waals surface area contributed by atoms with E-state index < -0.39 is 0 Å². The third-order valence-corrected chi connectivity index (χ3v) is 5.92. The Morgan fingerprint density at radius 2 is 1.57 bits per heavy atom. The normalized spacial score (nSPS) is 19.2. The zero-order valence-corrected chi connectivity index (χ0v) is 13.7. The van der Waals surface area contributed by atoms with Crippen LogP contribution in [0.25, 0.3) is 5.57 Å². The van der Waals surface area contributed by atoms with E-state index in [0.717, 1.165) is 4.47 Å². The van der Waals surface area contributed by atoms with Crippen molar-refractivity contribution in [2.75, 3.05) is 0 Å². The van der Waals surface area contributed by atoms with Crippen molar-refractivity contribution in [3.05, 3.63) is 75.8 Å². The molecule has 0 heterocycles. The molecule has 0 saturated heterocycles. The summed E-state index contributed by atoms with van der Waals surface area (Å²) in [5.41, 5.74) is 7.59. The van der Waals surface area contributed by atoms with Gasteiger partial charge in [0.05, 0.1) is 0 Å². The summed E-state index contributed by atoms with van der Waals surface area (Å²) >= 11 is 3.60. The van der Waals surface area contributed by atoms with E-state index in [-0.39, 0.29) is 5.41 Å². The van der Waals surface area contributed by atoms with Gasteiger partial charge in [-0.2, -0.15) is 0 Å². The Labute approximate surface area is 135 Å². The van der Waals surface area contributed by atoms with Gasteiger partial charge in [-0.25, -0.2) is 0 Å². The summed E-state index contributed by atoms with van der Waals surface area (Å²) in [5, 5.41) is 0. The predicted molar refractivity (Wildman–Crippen MR) is 92.4 cm³/mol. The molecule has 0 bridgehead atoms. The highest BCUT2D eigenvalue weighted by Crippen LogP contribution is 2.53. The third-order valence-electron chi connectivity index (χ3n) is 5.43. The van der Waals surface area contributed by atoms with Crippen LogP contribution in [0.4, 0.5) is 0 Å². The molecule has 2 aliphatic rings. The van der Waals surface area contributed by atoms with Gasteiger partial charge in [-0.15, -0.1) is 0 Å². The predicted octanol–water partition coefficient (Wildman–Crippen LogP) is 5.58. The minimum atomic E-state index is 0.280. The van der Waals surface area contributed by atoms with Gasteiger partial charge in [-0.3, -0.25) is 0 Å². The number of hydrogen-bond donors (Lipinski definition) is 0. The summed E-state index contributed by atoms with van der Waals surface area (Å²) < 4.78 is 1.16. The number of hydrogen-bond acceptors (Lipinski definition) is 0. The zero-order chi connectivity index (χ0) is 14.4. The summed E-state index contributed by atoms with van der Waals surface area (Å²) in [4.78, 5) is 0. The smallest absolute Gasteiger partial charge is 0.0181 e. The molecule has 106 valence electrons. The van der Waals surface area contributed by atoms with Crippen molar-refractivity contribution in [1.29, 1.82) is 0 Å². The molecule has 4 rings (SSSR count). The van der Waals surface area contributed by atoms with Crippen LogP contribution in [0.2, 0.25) is 0 Å². The molecule has 2 aliphatic carbocycles. The van der Waals surface area contributed by atoms with Crippen LogP contribution in [0.5, 0.6) is 0 Å². The monoisotopic (exact) mass is 338 g/mol. The lowest BCUT2D eigenvalue weighted by Gasteiger charge is -2.29. The average molecular weight is 339 g/mol. The molecule has 0 unspecified atom stereocenters. The van der Waals surface area contributed by atoms with Gasteiger partial charge in [0.2, 0.25) is 0 Å². The van der Waals surface area contributed by atoms with Crippen LogP contribution in [0, 0.1) is 5.41 Å². The molecule has 0 amide bonds. The van der Waals surface area contributed by atoms with Crippen LogP contribution < -0.4 is 0 Å². The molecule has 1 spiro atoms. The molecule has 0 saturated carbocycles. The summed E-state index contributed by atoms with van der Waals surface area (Å²) in [6.45, 7) is 4.50. The van der Waals surface area contributed by atoms with Gasteiger partial charge in [0.1, 0.15) is 0 Å². The van der Waals surface area contributed by atoms with E-state index in [0.29, 0.717) is 0 Å². The second-order valence-electron chi connectivity index (χ2n) is 6.51. The minimum Gasteiger partial charge on any atom is -0.0946 e. The fraction of sp³-hybridized carbons (Fsp3) is 0.300. The van der Waals surface area contributed by atoms with Gasteiger partial charge in [-0.05, 0) is 72.1 Å². The molecule has 0 aliphatic heterocycles. The molecule has 2 aromatic rings. The van der Waals surface area contributed by atoms with E-state index in [1.54, 1.807) is 11.1 Å². The summed E-state index contributed by atoms with van der Waals surface area (Å²) in [6, 6.07) is 15.6. The Morgan fingerprint density at radius 3 is 2.24 bits per heavy atom. The molecular weight excluding hydrogens is 320 g/mol. The van der Waals surface area contributed by atoms with Crippen LogP contribution in [-0.4, -0.2) is 0 Å². The van der Waals surface area contributed by atoms with Crippen molar-refractivity contribution in [2.24, 2.45) is 5.41 Å². The highest BCUT2D eigenvalue weighted by molar-refractivity contribution is 9.10. The Hall–Kier alpha value is -1.34. The fourth-order valence-corrected chi connectivity index (χ4v) is 4.50. The Kier molecular flexibility index (Phi) is 3.08. The van der Waals surface area contributed by atoms with Gasteiger partial charge < -0.3 is 0 Å². The third kappa shape index (κ3) is 2.10. The van der Waals surface area contributed by atoms with Gasteiger partial charge in [0.25, 0.3) is 0 Å². The van der Waals surface area contributed by atoms with Crippen molar-refractivity contribution in [2.45, 2.75) is 32.1 Å². The number of rotatable bonds is 0. The number of fused-ring (bicyclic) bond motifs is 2. The van der Waals surface area contributed by atoms with Crippen LogP contribution in [-0.2, 0) is 19.3 Å². The minimum absolute atomic E-state index is 0.280. The van der Waals surface area contributed by atoms with Crippen molar-refractivity contribution >= 4 is 21.5 Å². The molecule has 2 aromatic carbocycles. The maximum Gasteiger partial charge on any atom is 0.0181 e. The first-order valence-electron chi connectivity index (χ1n) is 7.73. The highest BCUT2D eigenvalue weighted by atomic mass is 79.9. The molecule has 0 atom stereocenters. The lowest BCUT2D eigenvalue weighted by Crippen LogP contribution is -2.20. The van der Waals surface area contributed by atoms with E-state index >= 15 is 0 Å². The van der Waals surface area contributed by atoms with Crippen LogP contribution in [0.3, 0.4) is 0 Å². The van der Waals surface area contributed by atoms with E-state index in [1.165, 1.54) is 48.8 Å². The van der Waals surface area contributed by atoms with E-state index in [1.807, 2.05) is 0 Å². The molecule has 0 aromatic heterocycles. The maximum atomic E-state index is 4.50. The van der Waals surface area contributed by atoms with Crippen molar-refractivity contribution in [3.8, 4) is 0 Å². The maximum absolute atomic E-state index is 4.50. The zero-order valence-electron chi connectivity index (χ0n) is 12.2. The number of aryl methyl sites for hydroxylation is 2. The lowest BCUT2D eigenvalue weighted by molar-refractivity contribution is 0.360. The SMILES string of the molecule is C=C1c2cc(Br)ccc2CC12CCc1ccccc1CC2. The molecule has 0 N–H and O–H groups in total. The van der Waals surface area contributed by atoms with Crippen molar-refractivity contribution in [1.82, 2.24) is 0 Å². The summed E-state index contributed by atoms with van der Waals surface area (Å²) in [6.07, 6.45) is 6.00. The standard InChI is InChI=1S/C20H19Br/c1-14-19-12-18(21)7-6-17(19)13-20(14)10-8-15-4-2-3-5-16(15)9-11-20/h2-7,12H,1,8-11,13H2. The van der Waals surface area contributed by atoms with Gasteiger partial charge in [-0.1, -0.05) is 52.8 Å². The lowest BCUT2D eigenvalue weighted by atomic mass is 9.74. The quantitative estimate of drug-likeness (QED) is 0.587. The molecule has 0 nitrogen and oxygen atoms in total.